The van der Waals surface area contributed by atoms with Crippen molar-refractivity contribution in [3.63, 3.8) is 0 Å². The quantitative estimate of drug-likeness (QED) is 0.786. The Balaban J connectivity index is 2.45. The summed E-state index contributed by atoms with van der Waals surface area (Å²) in [6.45, 7) is -0.336. The van der Waals surface area contributed by atoms with Gasteiger partial charge in [0.2, 0.25) is 0 Å². The summed E-state index contributed by atoms with van der Waals surface area (Å²) in [6, 6.07) is 5.76. The van der Waals surface area contributed by atoms with Gasteiger partial charge in [-0.15, -0.1) is 11.3 Å². The van der Waals surface area contributed by atoms with Gasteiger partial charge in [-0.1, -0.05) is 11.6 Å². The molecule has 1 aromatic heterocycles. The summed E-state index contributed by atoms with van der Waals surface area (Å²) in [5.41, 5.74) is 0. The molecule has 0 fully saturated rings. The average molecular weight is 270 g/mol. The Morgan fingerprint density at radius 1 is 1.59 bits per heavy atom. The van der Waals surface area contributed by atoms with Crippen LogP contribution in [0.1, 0.15) is 9.67 Å². The highest BCUT2D eigenvalue weighted by atomic mass is 35.5. The van der Waals surface area contributed by atoms with E-state index in [2.05, 4.69) is 4.74 Å². The van der Waals surface area contributed by atoms with E-state index in [1.807, 2.05) is 0 Å². The molecule has 0 bridgehead atoms. The van der Waals surface area contributed by atoms with E-state index in [1.54, 1.807) is 6.07 Å². The Kier molecular flexibility index (Phi) is 3.27. The lowest BCUT2D eigenvalue weighted by Gasteiger charge is -1.96. The van der Waals surface area contributed by atoms with Crippen LogP contribution in [0.15, 0.2) is 18.2 Å². The first-order chi connectivity index (χ1) is 8.13. The Labute approximate surface area is 105 Å². The van der Waals surface area contributed by atoms with Gasteiger partial charge in [-0.3, -0.25) is 0 Å². The molecule has 1 aromatic carbocycles. The third kappa shape index (κ3) is 2.23. The van der Waals surface area contributed by atoms with Gasteiger partial charge in [0.05, 0.1) is 5.02 Å². The van der Waals surface area contributed by atoms with Gasteiger partial charge in [-0.05, 0) is 18.2 Å². The number of rotatable bonds is 2. The predicted molar refractivity (Wildman–Crippen MR) is 62.7 cm³/mol. The van der Waals surface area contributed by atoms with Crippen molar-refractivity contribution in [3.05, 3.63) is 33.9 Å². The molecule has 0 atom stereocenters. The summed E-state index contributed by atoms with van der Waals surface area (Å²) in [4.78, 5) is 11.7. The molecule has 0 amide bonds. The summed E-state index contributed by atoms with van der Waals surface area (Å²) in [6.07, 6.45) is 0. The fourth-order valence-electron chi connectivity index (χ4n) is 1.33. The normalized spacial score (nSPS) is 10.2. The van der Waals surface area contributed by atoms with Crippen LogP contribution in [0.2, 0.25) is 5.02 Å². The van der Waals surface area contributed by atoms with Gasteiger partial charge in [0.25, 0.3) is 0 Å². The largest absolute Gasteiger partial charge is 0.446 e. The molecule has 6 heteroatoms. The van der Waals surface area contributed by atoms with Gasteiger partial charge in [0.1, 0.15) is 16.8 Å². The summed E-state index contributed by atoms with van der Waals surface area (Å²) < 4.78 is 18.2. The molecule has 86 valence electrons. The van der Waals surface area contributed by atoms with Crippen LogP contribution < -0.4 is 0 Å². The second-order valence-electron chi connectivity index (χ2n) is 3.12. The van der Waals surface area contributed by atoms with Gasteiger partial charge >= 0.3 is 5.97 Å². The fourth-order valence-corrected chi connectivity index (χ4v) is 2.76. The molecular weight excluding hydrogens is 265 g/mol. The highest BCUT2D eigenvalue weighted by molar-refractivity contribution is 7.21. The monoisotopic (exact) mass is 269 g/mol. The van der Waals surface area contributed by atoms with Gasteiger partial charge < -0.3 is 4.74 Å². The number of halogens is 2. The molecule has 0 aliphatic carbocycles. The van der Waals surface area contributed by atoms with Crippen LogP contribution >= 0.6 is 22.9 Å². The molecule has 0 N–H and O–H groups in total. The molecule has 2 rings (SSSR count). The van der Waals surface area contributed by atoms with Crippen molar-refractivity contribution in [3.8, 4) is 6.07 Å². The summed E-state index contributed by atoms with van der Waals surface area (Å²) >= 11 is 7.03. The number of carbonyl (C=O) groups is 1. The van der Waals surface area contributed by atoms with Crippen LogP contribution in [-0.4, -0.2) is 12.6 Å². The van der Waals surface area contributed by atoms with E-state index >= 15 is 0 Å². The zero-order chi connectivity index (χ0) is 12.4. The molecule has 0 saturated carbocycles. The standard InChI is InChI=1S/C11H5ClFNO2S/c12-9-7-2-1-6(13)5-8(7)17-10(9)11(15)16-4-3-14/h1-2,5H,4H2. The second-order valence-corrected chi connectivity index (χ2v) is 4.55. The van der Waals surface area contributed by atoms with E-state index in [0.717, 1.165) is 11.3 Å². The zero-order valence-corrected chi connectivity index (χ0v) is 9.94. The van der Waals surface area contributed by atoms with Crippen LogP contribution in [0.5, 0.6) is 0 Å². The number of nitriles is 1. The van der Waals surface area contributed by atoms with Crippen LogP contribution in [0.4, 0.5) is 4.39 Å². The average Bonchev–Trinajstić information content (AvgIpc) is 2.63. The SMILES string of the molecule is N#CCOC(=O)c1sc2cc(F)ccc2c1Cl. The number of ether oxygens (including phenoxy) is 1. The predicted octanol–water partition coefficient (Wildman–Crippen LogP) is 3.37. The van der Waals surface area contributed by atoms with E-state index in [9.17, 15) is 9.18 Å². The minimum atomic E-state index is -0.668. The minimum Gasteiger partial charge on any atom is -0.446 e. The molecule has 2 aromatic rings. The maximum absolute atomic E-state index is 13.0. The Bertz CT molecular complexity index is 632. The van der Waals surface area contributed by atoms with E-state index in [1.165, 1.54) is 18.2 Å². The number of hydrogen-bond donors (Lipinski definition) is 0. The van der Waals surface area contributed by atoms with Crippen LogP contribution in [0, 0.1) is 17.1 Å². The number of hydrogen-bond acceptors (Lipinski definition) is 4. The molecule has 0 radical (unpaired) electrons. The lowest BCUT2D eigenvalue weighted by atomic mass is 10.2. The van der Waals surface area contributed by atoms with Crippen LogP contribution in [0.3, 0.4) is 0 Å². The Hall–Kier alpha value is -1.64. The molecule has 0 unspecified atom stereocenters. The van der Waals surface area contributed by atoms with Crippen molar-refractivity contribution in [1.82, 2.24) is 0 Å². The molecule has 3 nitrogen and oxygen atoms in total. The lowest BCUT2D eigenvalue weighted by Crippen LogP contribution is -2.03. The zero-order valence-electron chi connectivity index (χ0n) is 8.37. The number of carbonyl (C=O) groups excluding carboxylic acids is 1. The van der Waals surface area contributed by atoms with Crippen molar-refractivity contribution in [2.24, 2.45) is 0 Å². The second kappa shape index (κ2) is 4.70. The van der Waals surface area contributed by atoms with E-state index in [-0.39, 0.29) is 16.5 Å². The van der Waals surface area contributed by atoms with Gasteiger partial charge in [0, 0.05) is 10.1 Å². The number of thiophene rings is 1. The molecule has 0 aliphatic rings. The maximum Gasteiger partial charge on any atom is 0.350 e. The molecular formula is C11H5ClFNO2S. The third-order valence-electron chi connectivity index (χ3n) is 2.04. The van der Waals surface area contributed by atoms with Gasteiger partial charge in [0.15, 0.2) is 6.61 Å². The molecule has 0 spiro atoms. The number of esters is 1. The Morgan fingerprint density at radius 2 is 2.35 bits per heavy atom. The highest BCUT2D eigenvalue weighted by Gasteiger charge is 2.18. The summed E-state index contributed by atoms with van der Waals surface area (Å²) in [7, 11) is 0. The van der Waals surface area contributed by atoms with E-state index < -0.39 is 11.8 Å². The van der Waals surface area contributed by atoms with Crippen LogP contribution in [-0.2, 0) is 4.74 Å². The molecule has 0 aliphatic heterocycles. The lowest BCUT2D eigenvalue weighted by molar-refractivity contribution is 0.0561. The van der Waals surface area contributed by atoms with E-state index in [0.29, 0.717) is 10.1 Å². The van der Waals surface area contributed by atoms with Gasteiger partial charge in [-0.25, -0.2) is 9.18 Å². The van der Waals surface area contributed by atoms with Gasteiger partial charge in [-0.2, -0.15) is 5.26 Å². The van der Waals surface area contributed by atoms with Crippen molar-refractivity contribution < 1.29 is 13.9 Å². The van der Waals surface area contributed by atoms with E-state index in [4.69, 9.17) is 16.9 Å². The fraction of sp³-hybridized carbons (Fsp3) is 0.0909. The first-order valence-corrected chi connectivity index (χ1v) is 5.74. The van der Waals surface area contributed by atoms with Crippen molar-refractivity contribution >= 4 is 39.0 Å². The minimum absolute atomic E-state index is 0.183. The maximum atomic E-state index is 13.0. The first kappa shape index (κ1) is 11.8. The van der Waals surface area contributed by atoms with Crippen molar-refractivity contribution in [1.29, 1.82) is 5.26 Å². The number of nitrogens with zero attached hydrogens (tertiary/aromatic N) is 1. The Morgan fingerprint density at radius 3 is 3.06 bits per heavy atom. The van der Waals surface area contributed by atoms with Crippen molar-refractivity contribution in [2.75, 3.05) is 6.61 Å². The first-order valence-electron chi connectivity index (χ1n) is 4.55. The topological polar surface area (TPSA) is 50.1 Å². The molecule has 1 heterocycles. The number of fused-ring (bicyclic) bond motifs is 1. The third-order valence-corrected chi connectivity index (χ3v) is 3.68. The smallest absolute Gasteiger partial charge is 0.350 e. The molecule has 0 saturated heterocycles. The highest BCUT2D eigenvalue weighted by Crippen LogP contribution is 2.36. The van der Waals surface area contributed by atoms with Crippen LogP contribution in [0.25, 0.3) is 10.1 Å². The summed E-state index contributed by atoms with van der Waals surface area (Å²) in [5, 5.41) is 9.13. The number of benzene rings is 1. The molecule has 17 heavy (non-hydrogen) atoms. The summed E-state index contributed by atoms with van der Waals surface area (Å²) in [5.74, 6) is -1.06. The van der Waals surface area contributed by atoms with Crippen molar-refractivity contribution in [2.45, 2.75) is 0 Å².